The summed E-state index contributed by atoms with van der Waals surface area (Å²) in [5.41, 5.74) is 7.84. The monoisotopic (exact) mass is 377 g/mol. The van der Waals surface area contributed by atoms with Crippen LogP contribution in [-0.2, 0) is 25.4 Å². The lowest BCUT2D eigenvalue weighted by Crippen LogP contribution is -2.25. The van der Waals surface area contributed by atoms with E-state index in [2.05, 4.69) is 73.3 Å². The molecule has 1 aliphatic carbocycles. The fourth-order valence-electron chi connectivity index (χ4n) is 4.04. The predicted octanol–water partition coefficient (Wildman–Crippen LogP) is 4.38. The highest BCUT2D eigenvalue weighted by molar-refractivity contribution is 5.40. The van der Waals surface area contributed by atoms with E-state index in [1.165, 1.54) is 34.5 Å². The third-order valence-corrected chi connectivity index (χ3v) is 6.04. The van der Waals surface area contributed by atoms with E-state index in [1.807, 2.05) is 17.9 Å². The largest absolute Gasteiger partial charge is 0.306 e. The van der Waals surface area contributed by atoms with Crippen molar-refractivity contribution in [2.75, 3.05) is 0 Å². The van der Waals surface area contributed by atoms with Crippen LogP contribution in [0.2, 0.25) is 0 Å². The Balaban J connectivity index is 1.55. The Bertz CT molecular complexity index is 956. The fourth-order valence-corrected chi connectivity index (χ4v) is 4.04. The van der Waals surface area contributed by atoms with Crippen LogP contribution < -0.4 is 5.32 Å². The highest BCUT2D eigenvalue weighted by atomic mass is 15.3. The molecular formula is C23H31N5. The normalized spacial score (nSPS) is 17.0. The molecule has 0 radical (unpaired) electrons. The topological polar surface area (TPSA) is 47.7 Å². The fraction of sp³-hybridized carbons (Fsp3) is 0.478. The van der Waals surface area contributed by atoms with E-state index in [0.717, 1.165) is 25.1 Å². The molecule has 148 valence electrons. The van der Waals surface area contributed by atoms with E-state index in [1.54, 1.807) is 0 Å². The Morgan fingerprint density at radius 1 is 1.11 bits per heavy atom. The molecule has 1 aromatic carbocycles. The third kappa shape index (κ3) is 3.51. The lowest BCUT2D eigenvalue weighted by molar-refractivity contribution is 0.454. The molecule has 2 heterocycles. The summed E-state index contributed by atoms with van der Waals surface area (Å²) in [6, 6.07) is 9.21. The average molecular weight is 378 g/mol. The number of benzene rings is 1. The average Bonchev–Trinajstić information content (AvgIpc) is 3.24. The highest BCUT2D eigenvalue weighted by Crippen LogP contribution is 2.32. The van der Waals surface area contributed by atoms with Gasteiger partial charge in [-0.05, 0) is 49.3 Å². The van der Waals surface area contributed by atoms with Crippen LogP contribution >= 0.6 is 0 Å². The van der Waals surface area contributed by atoms with Gasteiger partial charge in [-0.2, -0.15) is 10.2 Å². The highest BCUT2D eigenvalue weighted by Gasteiger charge is 2.25. The molecule has 4 rings (SSSR count). The van der Waals surface area contributed by atoms with Crippen LogP contribution in [0, 0.1) is 6.92 Å². The molecule has 2 aromatic heterocycles. The summed E-state index contributed by atoms with van der Waals surface area (Å²) < 4.78 is 4.06. The van der Waals surface area contributed by atoms with E-state index in [4.69, 9.17) is 5.10 Å². The molecule has 0 saturated heterocycles. The Labute approximate surface area is 167 Å². The van der Waals surface area contributed by atoms with Crippen LogP contribution in [0.25, 0.3) is 5.69 Å². The Hall–Kier alpha value is -2.40. The van der Waals surface area contributed by atoms with Gasteiger partial charge < -0.3 is 5.32 Å². The van der Waals surface area contributed by atoms with Crippen molar-refractivity contribution in [2.45, 2.75) is 65.0 Å². The standard InChI is InChI=1S/C23H31N5/c1-16-17(14-25-27(16)5)13-24-21-7-6-8-22-20(21)15-26-28(22)19-11-9-18(10-12-19)23(2,3)4/h9-12,14-15,21,24H,6-8,13H2,1-5H3/t21-/m1/s1. The van der Waals surface area contributed by atoms with Gasteiger partial charge in [0.25, 0.3) is 0 Å². The second kappa shape index (κ2) is 7.21. The minimum absolute atomic E-state index is 0.168. The van der Waals surface area contributed by atoms with Gasteiger partial charge in [0.05, 0.1) is 18.1 Å². The van der Waals surface area contributed by atoms with Gasteiger partial charge in [-0.1, -0.05) is 32.9 Å². The molecule has 1 N–H and O–H groups in total. The first-order chi connectivity index (χ1) is 13.3. The molecule has 3 aromatic rings. The summed E-state index contributed by atoms with van der Waals surface area (Å²) in [4.78, 5) is 0. The molecule has 28 heavy (non-hydrogen) atoms. The van der Waals surface area contributed by atoms with Crippen LogP contribution in [0.4, 0.5) is 0 Å². The SMILES string of the molecule is Cc1c(CN[C@@H]2CCCc3c2cnn3-c2ccc(C(C)(C)C)cc2)cnn1C. The quantitative estimate of drug-likeness (QED) is 0.734. The minimum atomic E-state index is 0.168. The number of hydrogen-bond donors (Lipinski definition) is 1. The molecule has 0 aliphatic heterocycles. The number of hydrogen-bond acceptors (Lipinski definition) is 3. The number of nitrogens with one attached hydrogen (secondary N) is 1. The lowest BCUT2D eigenvalue weighted by atomic mass is 9.87. The number of fused-ring (bicyclic) bond motifs is 1. The summed E-state index contributed by atoms with van der Waals surface area (Å²) in [7, 11) is 1.99. The number of rotatable bonds is 4. The van der Waals surface area contributed by atoms with Gasteiger partial charge in [0, 0.05) is 42.1 Å². The molecule has 0 spiro atoms. The van der Waals surface area contributed by atoms with Gasteiger partial charge in [0.2, 0.25) is 0 Å². The van der Waals surface area contributed by atoms with Gasteiger partial charge >= 0.3 is 0 Å². The van der Waals surface area contributed by atoms with Gasteiger partial charge in [0.15, 0.2) is 0 Å². The first-order valence-corrected chi connectivity index (χ1v) is 10.2. The Morgan fingerprint density at radius 3 is 2.50 bits per heavy atom. The van der Waals surface area contributed by atoms with Crippen molar-refractivity contribution < 1.29 is 0 Å². The molecule has 5 heteroatoms. The van der Waals surface area contributed by atoms with Crippen LogP contribution in [0.5, 0.6) is 0 Å². The van der Waals surface area contributed by atoms with Crippen molar-refractivity contribution >= 4 is 0 Å². The molecule has 1 atom stereocenters. The zero-order valence-corrected chi connectivity index (χ0v) is 17.7. The van der Waals surface area contributed by atoms with Crippen LogP contribution in [0.3, 0.4) is 0 Å². The van der Waals surface area contributed by atoms with E-state index >= 15 is 0 Å². The first kappa shape index (κ1) is 18.9. The van der Waals surface area contributed by atoms with Crippen LogP contribution in [0.15, 0.2) is 36.7 Å². The van der Waals surface area contributed by atoms with Crippen molar-refractivity contribution in [1.29, 1.82) is 0 Å². The molecular weight excluding hydrogens is 346 g/mol. The van der Waals surface area contributed by atoms with E-state index in [0.29, 0.717) is 6.04 Å². The molecule has 1 aliphatic rings. The molecule has 0 bridgehead atoms. The van der Waals surface area contributed by atoms with Gasteiger partial charge in [-0.3, -0.25) is 4.68 Å². The number of aryl methyl sites for hydroxylation is 1. The van der Waals surface area contributed by atoms with Crippen LogP contribution in [-0.4, -0.2) is 19.6 Å². The van der Waals surface area contributed by atoms with Crippen LogP contribution in [0.1, 0.15) is 67.7 Å². The molecule has 0 fully saturated rings. The summed E-state index contributed by atoms with van der Waals surface area (Å²) >= 11 is 0. The predicted molar refractivity (Wildman–Crippen MR) is 113 cm³/mol. The number of nitrogens with zero attached hydrogens (tertiary/aromatic N) is 4. The van der Waals surface area contributed by atoms with Gasteiger partial charge in [0.1, 0.15) is 0 Å². The molecule has 0 unspecified atom stereocenters. The summed E-state index contributed by atoms with van der Waals surface area (Å²) in [6.45, 7) is 9.71. The minimum Gasteiger partial charge on any atom is -0.306 e. The maximum absolute atomic E-state index is 4.75. The first-order valence-electron chi connectivity index (χ1n) is 10.2. The maximum Gasteiger partial charge on any atom is 0.0649 e. The smallest absolute Gasteiger partial charge is 0.0649 e. The molecule has 0 amide bonds. The van der Waals surface area contributed by atoms with E-state index in [9.17, 15) is 0 Å². The lowest BCUT2D eigenvalue weighted by Gasteiger charge is -2.24. The Kier molecular flexibility index (Phi) is 4.88. The van der Waals surface area contributed by atoms with Gasteiger partial charge in [-0.15, -0.1) is 0 Å². The molecule has 5 nitrogen and oxygen atoms in total. The zero-order valence-electron chi connectivity index (χ0n) is 17.7. The van der Waals surface area contributed by atoms with Crippen molar-refractivity contribution in [1.82, 2.24) is 24.9 Å². The summed E-state index contributed by atoms with van der Waals surface area (Å²) in [6.07, 6.45) is 7.44. The second-order valence-corrected chi connectivity index (χ2v) is 8.96. The summed E-state index contributed by atoms with van der Waals surface area (Å²) in [5.74, 6) is 0. The van der Waals surface area contributed by atoms with Crippen molar-refractivity contribution in [3.63, 3.8) is 0 Å². The second-order valence-electron chi connectivity index (χ2n) is 8.96. The third-order valence-electron chi connectivity index (χ3n) is 6.04. The summed E-state index contributed by atoms with van der Waals surface area (Å²) in [5, 5.41) is 12.8. The number of aromatic nitrogens is 4. The van der Waals surface area contributed by atoms with Crippen molar-refractivity contribution in [3.05, 3.63) is 64.7 Å². The zero-order chi connectivity index (χ0) is 19.9. The maximum atomic E-state index is 4.75. The van der Waals surface area contributed by atoms with Crippen molar-refractivity contribution in [3.8, 4) is 5.69 Å². The van der Waals surface area contributed by atoms with E-state index < -0.39 is 0 Å². The Morgan fingerprint density at radius 2 is 1.86 bits per heavy atom. The van der Waals surface area contributed by atoms with Crippen molar-refractivity contribution in [2.24, 2.45) is 7.05 Å². The molecule has 0 saturated carbocycles. The van der Waals surface area contributed by atoms with E-state index in [-0.39, 0.29) is 5.41 Å². The van der Waals surface area contributed by atoms with Gasteiger partial charge in [-0.25, -0.2) is 4.68 Å².